The lowest BCUT2D eigenvalue weighted by atomic mass is 9.83. The Morgan fingerprint density at radius 2 is 1.78 bits per heavy atom. The maximum atomic E-state index is 13.8. The van der Waals surface area contributed by atoms with E-state index in [9.17, 15) is 14.7 Å². The Morgan fingerprint density at radius 1 is 1.05 bits per heavy atom. The van der Waals surface area contributed by atoms with E-state index in [0.717, 1.165) is 11.3 Å². The lowest BCUT2D eigenvalue weighted by Crippen LogP contribution is -2.44. The lowest BCUT2D eigenvalue weighted by Gasteiger charge is -2.27. The first-order valence-corrected chi connectivity index (χ1v) is 13.7. The molecule has 1 aliphatic heterocycles. The fourth-order valence-electron chi connectivity index (χ4n) is 5.05. The summed E-state index contributed by atoms with van der Waals surface area (Å²) >= 11 is 0. The number of aliphatic hydroxyl groups is 2. The number of hydrogen-bond donors (Lipinski definition) is 3. The fraction of sp³-hybridized carbons (Fsp3) is 0.250. The number of amides is 2. The Labute approximate surface area is 238 Å². The van der Waals surface area contributed by atoms with Gasteiger partial charge in [-0.15, -0.1) is 5.10 Å². The summed E-state index contributed by atoms with van der Waals surface area (Å²) in [4.78, 5) is 27.9. The first kappa shape index (κ1) is 27.9. The SMILES string of the molecule is C[C@@H](/C=C/CCn1cc(CCO)nn1)[C@]1(O)C(=O)N(Cc2ccc(NC(=O)c3ccccc3)cc2)c2ccccc21. The average Bonchev–Trinajstić information content (AvgIpc) is 3.53. The van der Waals surface area contributed by atoms with E-state index in [0.29, 0.717) is 41.9 Å². The number of carbonyl (C=O) groups excluding carboxylic acids is 2. The monoisotopic (exact) mass is 551 g/mol. The molecule has 0 unspecified atom stereocenters. The van der Waals surface area contributed by atoms with Gasteiger partial charge in [0.25, 0.3) is 11.8 Å². The minimum Gasteiger partial charge on any atom is -0.396 e. The van der Waals surface area contributed by atoms with Gasteiger partial charge in [0.05, 0.1) is 17.9 Å². The van der Waals surface area contributed by atoms with Crippen molar-refractivity contribution in [3.8, 4) is 0 Å². The van der Waals surface area contributed by atoms with Crippen LogP contribution in [0.1, 0.15) is 40.5 Å². The maximum absolute atomic E-state index is 13.8. The van der Waals surface area contributed by atoms with Crippen molar-refractivity contribution >= 4 is 23.2 Å². The van der Waals surface area contributed by atoms with Crippen LogP contribution in [0.2, 0.25) is 0 Å². The van der Waals surface area contributed by atoms with Crippen molar-refractivity contribution in [2.75, 3.05) is 16.8 Å². The van der Waals surface area contributed by atoms with Crippen LogP contribution in [-0.2, 0) is 29.9 Å². The van der Waals surface area contributed by atoms with Crippen LogP contribution in [0.4, 0.5) is 11.4 Å². The van der Waals surface area contributed by atoms with E-state index in [2.05, 4.69) is 15.6 Å². The second kappa shape index (κ2) is 12.3. The third-order valence-corrected chi connectivity index (χ3v) is 7.33. The Kier molecular flexibility index (Phi) is 8.37. The number of nitrogens with zero attached hydrogens (tertiary/aromatic N) is 4. The van der Waals surface area contributed by atoms with Crippen LogP contribution in [-0.4, -0.2) is 43.6 Å². The predicted octanol–water partition coefficient (Wildman–Crippen LogP) is 4.08. The number of aromatic nitrogens is 3. The van der Waals surface area contributed by atoms with Crippen LogP contribution in [0.5, 0.6) is 0 Å². The minimum absolute atomic E-state index is 0.0273. The van der Waals surface area contributed by atoms with Gasteiger partial charge in [-0.05, 0) is 42.3 Å². The number of allylic oxidation sites excluding steroid dienone is 1. The molecule has 4 aromatic rings. The molecule has 0 aliphatic carbocycles. The van der Waals surface area contributed by atoms with E-state index in [1.54, 1.807) is 34.0 Å². The molecular weight excluding hydrogens is 518 g/mol. The van der Waals surface area contributed by atoms with Crippen molar-refractivity contribution in [1.29, 1.82) is 0 Å². The molecule has 0 fully saturated rings. The normalized spacial score (nSPS) is 17.1. The molecule has 3 aromatic carbocycles. The molecule has 5 rings (SSSR count). The van der Waals surface area contributed by atoms with Gasteiger partial charge in [-0.1, -0.05) is 72.8 Å². The summed E-state index contributed by atoms with van der Waals surface area (Å²) in [6.45, 7) is 2.75. The first-order chi connectivity index (χ1) is 19.9. The molecule has 0 saturated carbocycles. The van der Waals surface area contributed by atoms with Crippen LogP contribution in [0.3, 0.4) is 0 Å². The van der Waals surface area contributed by atoms with Gasteiger partial charge < -0.3 is 20.4 Å². The number of para-hydroxylation sites is 1. The summed E-state index contributed by atoms with van der Waals surface area (Å²) in [5.74, 6) is -1.04. The summed E-state index contributed by atoms with van der Waals surface area (Å²) in [5.41, 5.74) is 2.40. The van der Waals surface area contributed by atoms with Gasteiger partial charge in [0.15, 0.2) is 5.60 Å². The molecule has 3 N–H and O–H groups in total. The number of anilines is 2. The zero-order valence-corrected chi connectivity index (χ0v) is 22.9. The molecule has 1 aliphatic rings. The molecule has 1 aromatic heterocycles. The number of hydrogen-bond acceptors (Lipinski definition) is 6. The van der Waals surface area contributed by atoms with Gasteiger partial charge in [0.1, 0.15) is 0 Å². The number of benzene rings is 3. The van der Waals surface area contributed by atoms with Gasteiger partial charge in [0.2, 0.25) is 0 Å². The molecule has 2 atom stereocenters. The number of carbonyl (C=O) groups is 2. The van der Waals surface area contributed by atoms with E-state index in [1.165, 1.54) is 0 Å². The molecule has 0 spiro atoms. The Morgan fingerprint density at radius 3 is 2.54 bits per heavy atom. The molecule has 9 heteroatoms. The Balaban J connectivity index is 1.26. The van der Waals surface area contributed by atoms with E-state index in [4.69, 9.17) is 5.11 Å². The molecule has 9 nitrogen and oxygen atoms in total. The highest BCUT2D eigenvalue weighted by atomic mass is 16.3. The molecule has 0 bridgehead atoms. The van der Waals surface area contributed by atoms with Crippen LogP contribution in [0.25, 0.3) is 0 Å². The third-order valence-electron chi connectivity index (χ3n) is 7.33. The highest BCUT2D eigenvalue weighted by Crippen LogP contribution is 2.45. The van der Waals surface area contributed by atoms with E-state index in [1.807, 2.05) is 79.7 Å². The number of aliphatic hydroxyl groups excluding tert-OH is 1. The summed E-state index contributed by atoms with van der Waals surface area (Å²) in [5, 5.41) is 31.8. The zero-order chi connectivity index (χ0) is 28.8. The quantitative estimate of drug-likeness (QED) is 0.242. The molecular formula is C32H33N5O4. The maximum Gasteiger partial charge on any atom is 0.264 e. The topological polar surface area (TPSA) is 121 Å². The summed E-state index contributed by atoms with van der Waals surface area (Å²) in [6, 6.07) is 23.7. The molecule has 210 valence electrons. The van der Waals surface area contributed by atoms with Crippen molar-refractivity contribution in [3.05, 3.63) is 120 Å². The van der Waals surface area contributed by atoms with E-state index < -0.39 is 11.5 Å². The van der Waals surface area contributed by atoms with Crippen LogP contribution in [0.15, 0.2) is 97.2 Å². The van der Waals surface area contributed by atoms with Gasteiger partial charge >= 0.3 is 0 Å². The molecule has 0 radical (unpaired) electrons. The zero-order valence-electron chi connectivity index (χ0n) is 22.9. The van der Waals surface area contributed by atoms with Crippen LogP contribution >= 0.6 is 0 Å². The van der Waals surface area contributed by atoms with Crippen molar-refractivity contribution in [2.24, 2.45) is 5.92 Å². The predicted molar refractivity (Wildman–Crippen MR) is 156 cm³/mol. The van der Waals surface area contributed by atoms with Crippen molar-refractivity contribution in [3.63, 3.8) is 0 Å². The summed E-state index contributed by atoms with van der Waals surface area (Å²) in [7, 11) is 0. The smallest absolute Gasteiger partial charge is 0.264 e. The molecule has 2 heterocycles. The number of rotatable bonds is 11. The highest BCUT2D eigenvalue weighted by Gasteiger charge is 2.52. The van der Waals surface area contributed by atoms with Gasteiger partial charge in [-0.2, -0.15) is 0 Å². The fourth-order valence-corrected chi connectivity index (χ4v) is 5.05. The molecule has 2 amide bonds. The molecule has 0 saturated heterocycles. The van der Waals surface area contributed by atoms with Crippen molar-refractivity contribution < 1.29 is 19.8 Å². The lowest BCUT2D eigenvalue weighted by molar-refractivity contribution is -0.139. The number of fused-ring (bicyclic) bond motifs is 1. The van der Waals surface area contributed by atoms with Crippen LogP contribution < -0.4 is 10.2 Å². The average molecular weight is 552 g/mol. The summed E-state index contributed by atoms with van der Waals surface area (Å²) in [6.07, 6.45) is 6.73. The first-order valence-electron chi connectivity index (χ1n) is 13.7. The van der Waals surface area contributed by atoms with Crippen molar-refractivity contribution in [1.82, 2.24) is 15.0 Å². The second-order valence-corrected chi connectivity index (χ2v) is 10.1. The standard InChI is InChI=1S/C32H33N5O4/c1-23(9-7-8-19-36-22-27(18-20-38)34-35-36)32(41)28-12-5-6-13-29(28)37(31(32)40)21-24-14-16-26(17-15-24)33-30(39)25-10-3-2-4-11-25/h2-7,9-17,22-23,38,41H,8,18-21H2,1H3,(H,33,39)/b9-7+/t23-,32+/m0/s1. The Hall–Kier alpha value is -4.60. The van der Waals surface area contributed by atoms with E-state index in [-0.39, 0.29) is 25.0 Å². The van der Waals surface area contributed by atoms with Gasteiger partial charge in [-0.3, -0.25) is 14.3 Å². The largest absolute Gasteiger partial charge is 0.396 e. The second-order valence-electron chi connectivity index (χ2n) is 10.1. The number of aryl methyl sites for hydroxylation is 1. The van der Waals surface area contributed by atoms with Gasteiger partial charge in [0, 0.05) is 48.5 Å². The van der Waals surface area contributed by atoms with E-state index >= 15 is 0 Å². The van der Waals surface area contributed by atoms with Gasteiger partial charge in [-0.25, -0.2) is 0 Å². The van der Waals surface area contributed by atoms with Crippen LogP contribution in [0, 0.1) is 5.92 Å². The number of nitrogens with one attached hydrogen (secondary N) is 1. The highest BCUT2D eigenvalue weighted by molar-refractivity contribution is 6.07. The minimum atomic E-state index is -1.70. The van der Waals surface area contributed by atoms with Crippen molar-refractivity contribution in [2.45, 2.75) is 38.5 Å². The molecule has 41 heavy (non-hydrogen) atoms. The summed E-state index contributed by atoms with van der Waals surface area (Å²) < 4.78 is 1.71. The third kappa shape index (κ3) is 5.96. The Bertz CT molecular complexity index is 1530.